The third-order valence-electron chi connectivity index (χ3n) is 1.99. The normalized spacial score (nSPS) is 10.2. The standard InChI is InChI=1S/C11H16N2O4/c12-8-1-2-9(10(13)7-8)11(15)17-6-5-16-4-3-14/h1-2,7,14H,3-6,12-13H2. The highest BCUT2D eigenvalue weighted by Gasteiger charge is 2.10. The monoisotopic (exact) mass is 240 g/mol. The van der Waals surface area contributed by atoms with Crippen molar-refractivity contribution in [2.75, 3.05) is 37.9 Å². The average Bonchev–Trinajstić information content (AvgIpc) is 2.28. The van der Waals surface area contributed by atoms with Crippen LogP contribution in [0.4, 0.5) is 11.4 Å². The minimum absolute atomic E-state index is 0.0567. The Morgan fingerprint density at radius 3 is 2.65 bits per heavy atom. The molecule has 6 heteroatoms. The Bertz CT molecular complexity index is 382. The highest BCUT2D eigenvalue weighted by molar-refractivity contribution is 5.95. The predicted octanol–water partition coefficient (Wildman–Crippen LogP) is 0.0167. The van der Waals surface area contributed by atoms with Gasteiger partial charge in [0.05, 0.1) is 25.4 Å². The van der Waals surface area contributed by atoms with Gasteiger partial charge in [-0.15, -0.1) is 0 Å². The first-order valence-corrected chi connectivity index (χ1v) is 5.16. The number of hydrogen-bond donors (Lipinski definition) is 3. The van der Waals surface area contributed by atoms with Crippen LogP contribution < -0.4 is 11.5 Å². The lowest BCUT2D eigenvalue weighted by Gasteiger charge is -2.07. The minimum Gasteiger partial charge on any atom is -0.460 e. The SMILES string of the molecule is Nc1ccc(C(=O)OCCOCCO)c(N)c1. The minimum atomic E-state index is -0.518. The summed E-state index contributed by atoms with van der Waals surface area (Å²) in [6, 6.07) is 4.59. The molecule has 0 aromatic heterocycles. The number of carbonyl (C=O) groups is 1. The molecule has 0 bridgehead atoms. The lowest BCUT2D eigenvalue weighted by molar-refractivity contribution is 0.0259. The summed E-state index contributed by atoms with van der Waals surface area (Å²) in [7, 11) is 0. The molecule has 0 spiro atoms. The van der Waals surface area contributed by atoms with Gasteiger partial charge in [-0.25, -0.2) is 4.79 Å². The molecule has 0 saturated carbocycles. The Morgan fingerprint density at radius 1 is 1.24 bits per heavy atom. The molecule has 5 N–H and O–H groups in total. The molecule has 1 aromatic rings. The van der Waals surface area contributed by atoms with Crippen LogP contribution in [0.2, 0.25) is 0 Å². The lowest BCUT2D eigenvalue weighted by Crippen LogP contribution is -2.13. The molecular weight excluding hydrogens is 224 g/mol. The Balaban J connectivity index is 2.42. The number of anilines is 2. The summed E-state index contributed by atoms with van der Waals surface area (Å²) in [5, 5.41) is 8.45. The number of esters is 1. The number of hydrogen-bond acceptors (Lipinski definition) is 6. The van der Waals surface area contributed by atoms with Crippen molar-refractivity contribution in [3.8, 4) is 0 Å². The molecule has 0 amide bonds. The Labute approximate surface area is 99.1 Å². The van der Waals surface area contributed by atoms with E-state index < -0.39 is 5.97 Å². The predicted molar refractivity (Wildman–Crippen MR) is 63.5 cm³/mol. The molecule has 94 valence electrons. The molecule has 0 saturated heterocycles. The molecule has 0 aliphatic rings. The van der Waals surface area contributed by atoms with Crippen molar-refractivity contribution >= 4 is 17.3 Å². The Hall–Kier alpha value is -1.79. The van der Waals surface area contributed by atoms with E-state index in [4.69, 9.17) is 26.0 Å². The number of carbonyl (C=O) groups excluding carboxylic acids is 1. The van der Waals surface area contributed by atoms with Crippen molar-refractivity contribution in [2.45, 2.75) is 0 Å². The van der Waals surface area contributed by atoms with Gasteiger partial charge in [0.2, 0.25) is 0 Å². The Kier molecular flexibility index (Phi) is 5.25. The fraction of sp³-hybridized carbons (Fsp3) is 0.364. The summed E-state index contributed by atoms with van der Waals surface area (Å²) in [6.07, 6.45) is 0. The first kappa shape index (κ1) is 13.3. The molecule has 0 fully saturated rings. The van der Waals surface area contributed by atoms with Crippen LogP contribution in [0, 0.1) is 0 Å². The maximum absolute atomic E-state index is 11.6. The topological polar surface area (TPSA) is 108 Å². The van der Waals surface area contributed by atoms with E-state index in [2.05, 4.69) is 0 Å². The van der Waals surface area contributed by atoms with E-state index in [9.17, 15) is 4.79 Å². The molecule has 0 heterocycles. The fourth-order valence-corrected chi connectivity index (χ4v) is 1.20. The first-order valence-electron chi connectivity index (χ1n) is 5.16. The van der Waals surface area contributed by atoms with E-state index in [0.29, 0.717) is 5.69 Å². The highest BCUT2D eigenvalue weighted by Crippen LogP contribution is 2.16. The second-order valence-electron chi connectivity index (χ2n) is 3.32. The van der Waals surface area contributed by atoms with Crippen molar-refractivity contribution in [3.05, 3.63) is 23.8 Å². The van der Waals surface area contributed by atoms with Crippen LogP contribution in [0.25, 0.3) is 0 Å². The van der Waals surface area contributed by atoms with E-state index in [-0.39, 0.29) is 37.7 Å². The van der Waals surface area contributed by atoms with Gasteiger partial charge in [0.1, 0.15) is 6.61 Å². The van der Waals surface area contributed by atoms with Gasteiger partial charge >= 0.3 is 5.97 Å². The lowest BCUT2D eigenvalue weighted by atomic mass is 10.1. The molecule has 1 rings (SSSR count). The van der Waals surface area contributed by atoms with Crippen molar-refractivity contribution in [2.24, 2.45) is 0 Å². The molecule has 6 nitrogen and oxygen atoms in total. The summed E-state index contributed by atoms with van der Waals surface area (Å²) in [5.41, 5.74) is 12.2. The van der Waals surface area contributed by atoms with Gasteiger partial charge in [-0.2, -0.15) is 0 Å². The number of aliphatic hydroxyl groups excluding tert-OH is 1. The van der Waals surface area contributed by atoms with Gasteiger partial charge in [-0.3, -0.25) is 0 Å². The number of ether oxygens (including phenoxy) is 2. The van der Waals surface area contributed by atoms with Crippen molar-refractivity contribution in [1.29, 1.82) is 0 Å². The molecular formula is C11H16N2O4. The van der Waals surface area contributed by atoms with E-state index in [1.807, 2.05) is 0 Å². The van der Waals surface area contributed by atoms with Crippen LogP contribution in [-0.2, 0) is 9.47 Å². The third kappa shape index (κ3) is 4.29. The summed E-state index contributed by atoms with van der Waals surface area (Å²) in [6.45, 7) is 0.518. The smallest absolute Gasteiger partial charge is 0.340 e. The Morgan fingerprint density at radius 2 is 2.00 bits per heavy atom. The van der Waals surface area contributed by atoms with Crippen molar-refractivity contribution in [1.82, 2.24) is 0 Å². The number of aliphatic hydroxyl groups is 1. The van der Waals surface area contributed by atoms with Crippen LogP contribution in [-0.4, -0.2) is 37.5 Å². The zero-order chi connectivity index (χ0) is 12.7. The van der Waals surface area contributed by atoms with E-state index >= 15 is 0 Å². The zero-order valence-electron chi connectivity index (χ0n) is 9.39. The summed E-state index contributed by atoms with van der Waals surface area (Å²) in [5.74, 6) is -0.518. The van der Waals surface area contributed by atoms with Crippen LogP contribution in [0.3, 0.4) is 0 Å². The molecule has 0 atom stereocenters. The molecule has 17 heavy (non-hydrogen) atoms. The molecule has 0 unspecified atom stereocenters. The zero-order valence-corrected chi connectivity index (χ0v) is 9.39. The van der Waals surface area contributed by atoms with Crippen LogP contribution in [0.5, 0.6) is 0 Å². The van der Waals surface area contributed by atoms with Gasteiger partial charge in [-0.05, 0) is 18.2 Å². The largest absolute Gasteiger partial charge is 0.460 e. The molecule has 0 radical (unpaired) electrons. The maximum Gasteiger partial charge on any atom is 0.340 e. The second-order valence-corrected chi connectivity index (χ2v) is 3.32. The summed E-state index contributed by atoms with van der Waals surface area (Å²) >= 11 is 0. The average molecular weight is 240 g/mol. The quantitative estimate of drug-likeness (QED) is 0.367. The number of benzene rings is 1. The van der Waals surface area contributed by atoms with Crippen LogP contribution >= 0.6 is 0 Å². The second kappa shape index (κ2) is 6.72. The summed E-state index contributed by atoms with van der Waals surface area (Å²) < 4.78 is 9.87. The van der Waals surface area contributed by atoms with Gasteiger partial charge < -0.3 is 26.0 Å². The van der Waals surface area contributed by atoms with Gasteiger partial charge in [0.25, 0.3) is 0 Å². The van der Waals surface area contributed by atoms with Crippen molar-refractivity contribution in [3.63, 3.8) is 0 Å². The molecule has 1 aromatic carbocycles. The number of nitrogens with two attached hydrogens (primary N) is 2. The first-order chi connectivity index (χ1) is 8.15. The van der Waals surface area contributed by atoms with Gasteiger partial charge in [-0.1, -0.05) is 0 Å². The van der Waals surface area contributed by atoms with Crippen LogP contribution in [0.1, 0.15) is 10.4 Å². The number of rotatable bonds is 6. The highest BCUT2D eigenvalue weighted by atomic mass is 16.6. The summed E-state index contributed by atoms with van der Waals surface area (Å²) in [4.78, 5) is 11.6. The van der Waals surface area contributed by atoms with Crippen molar-refractivity contribution < 1.29 is 19.4 Å². The van der Waals surface area contributed by atoms with Gasteiger partial charge in [0.15, 0.2) is 0 Å². The van der Waals surface area contributed by atoms with Gasteiger partial charge in [0, 0.05) is 11.4 Å². The molecule has 0 aliphatic carbocycles. The maximum atomic E-state index is 11.6. The van der Waals surface area contributed by atoms with Crippen LogP contribution in [0.15, 0.2) is 18.2 Å². The van der Waals surface area contributed by atoms with E-state index in [1.165, 1.54) is 12.1 Å². The van der Waals surface area contributed by atoms with E-state index in [0.717, 1.165) is 0 Å². The third-order valence-corrected chi connectivity index (χ3v) is 1.99. The molecule has 0 aliphatic heterocycles. The van der Waals surface area contributed by atoms with E-state index in [1.54, 1.807) is 6.07 Å². The fourth-order valence-electron chi connectivity index (χ4n) is 1.20. The number of nitrogen functional groups attached to an aromatic ring is 2.